The Balaban J connectivity index is 3.19. The van der Waals surface area contributed by atoms with Gasteiger partial charge in [0.2, 0.25) is 5.91 Å². The van der Waals surface area contributed by atoms with Crippen LogP contribution >= 0.6 is 0 Å². The van der Waals surface area contributed by atoms with Gasteiger partial charge in [-0.2, -0.15) is 0 Å². The van der Waals surface area contributed by atoms with Crippen molar-refractivity contribution in [3.8, 4) is 0 Å². The van der Waals surface area contributed by atoms with E-state index in [-0.39, 0.29) is 0 Å². The predicted octanol–water partition coefficient (Wildman–Crippen LogP) is -4.90. The Morgan fingerprint density at radius 2 is 1.86 bits per heavy atom. The number of rotatable bonds is 5. The van der Waals surface area contributed by atoms with Gasteiger partial charge in [-0.05, 0) is 0 Å². The molecule has 1 fully saturated rings. The molecule has 128 valence electrons. The minimum absolute atomic E-state index is 0.712. The number of ether oxygens (including phenoxy) is 1. The number of amides is 1. The van der Waals surface area contributed by atoms with Crippen molar-refractivity contribution in [2.75, 3.05) is 6.61 Å². The summed E-state index contributed by atoms with van der Waals surface area (Å²) in [5.41, 5.74) is 0. The first-order valence-electron chi connectivity index (χ1n) is 6.30. The third-order valence-electron chi connectivity index (χ3n) is 3.36. The molecule has 22 heavy (non-hydrogen) atoms. The molecule has 1 aliphatic rings. The van der Waals surface area contributed by atoms with Crippen molar-refractivity contribution in [3.05, 3.63) is 0 Å². The Morgan fingerprint density at radius 3 is 2.27 bits per heavy atom. The highest BCUT2D eigenvalue weighted by molar-refractivity contribution is 5.77. The van der Waals surface area contributed by atoms with Crippen molar-refractivity contribution in [3.63, 3.8) is 0 Å². The largest absolute Gasteiger partial charge is 0.477 e. The monoisotopic (exact) mass is 325 g/mol. The lowest BCUT2D eigenvalue weighted by atomic mass is 9.86. The topological polar surface area (TPSA) is 197 Å². The van der Waals surface area contributed by atoms with Crippen LogP contribution in [0.4, 0.5) is 0 Å². The molecule has 0 aliphatic carbocycles. The average molecular weight is 325 g/mol. The fraction of sp³-hybridized carbons (Fsp3) is 0.818. The molecule has 0 aromatic carbocycles. The van der Waals surface area contributed by atoms with Gasteiger partial charge in [0.15, 0.2) is 0 Å². The van der Waals surface area contributed by atoms with Gasteiger partial charge in [-0.15, -0.1) is 0 Å². The number of carboxylic acids is 1. The number of aliphatic hydroxyl groups excluding tert-OH is 5. The van der Waals surface area contributed by atoms with E-state index >= 15 is 0 Å². The first kappa shape index (κ1) is 18.7. The van der Waals surface area contributed by atoms with E-state index in [9.17, 15) is 35.1 Å². The standard InChI is InChI=1S/C11H19NO10/c1-3(14)12-5-7(17)9(18)11(21,10(19)20)22-8(5)6(16)4(15)2-13/h4-9,13,15-18,21H,2H2,1H3,(H,12,14)(H,19,20)/t4-,5+,6-,7+,8?,9-,11+/m1/s1. The number of carbonyl (C=O) groups is 2. The lowest BCUT2D eigenvalue weighted by Gasteiger charge is -2.47. The van der Waals surface area contributed by atoms with Crippen LogP contribution in [0.3, 0.4) is 0 Å². The molecular weight excluding hydrogens is 306 g/mol. The summed E-state index contributed by atoms with van der Waals surface area (Å²) in [5.74, 6) is -6.03. The Kier molecular flexibility index (Phi) is 5.81. The molecule has 1 rings (SSSR count). The molecule has 1 amide bonds. The number of carboxylic acid groups (broad SMARTS) is 1. The van der Waals surface area contributed by atoms with E-state index in [1.54, 1.807) is 0 Å². The highest BCUT2D eigenvalue weighted by Gasteiger charge is 2.60. The first-order valence-corrected chi connectivity index (χ1v) is 6.30. The normalized spacial score (nSPS) is 38.1. The molecule has 1 saturated heterocycles. The molecule has 11 nitrogen and oxygen atoms in total. The van der Waals surface area contributed by atoms with Crippen molar-refractivity contribution >= 4 is 11.9 Å². The van der Waals surface area contributed by atoms with Crippen molar-refractivity contribution in [1.29, 1.82) is 0 Å². The molecule has 8 N–H and O–H groups in total. The zero-order valence-corrected chi connectivity index (χ0v) is 11.5. The molecule has 1 aliphatic heterocycles. The summed E-state index contributed by atoms with van der Waals surface area (Å²) in [6.07, 6.45) is -9.94. The Bertz CT molecular complexity index is 431. The summed E-state index contributed by atoms with van der Waals surface area (Å²) in [6.45, 7) is 0.112. The summed E-state index contributed by atoms with van der Waals surface area (Å²) in [6, 6.07) is -1.54. The number of hydrogen-bond donors (Lipinski definition) is 8. The molecule has 1 unspecified atom stereocenters. The Hall–Kier alpha value is -1.34. The third-order valence-corrected chi connectivity index (χ3v) is 3.36. The van der Waals surface area contributed by atoms with Gasteiger partial charge >= 0.3 is 5.97 Å². The van der Waals surface area contributed by atoms with Crippen LogP contribution in [0.2, 0.25) is 0 Å². The molecule has 0 saturated carbocycles. The molecule has 0 aromatic rings. The average Bonchev–Trinajstić information content (AvgIpc) is 2.45. The smallest absolute Gasteiger partial charge is 0.367 e. The van der Waals surface area contributed by atoms with Crippen LogP contribution in [0.15, 0.2) is 0 Å². The van der Waals surface area contributed by atoms with Crippen LogP contribution in [0.1, 0.15) is 6.92 Å². The quantitative estimate of drug-likeness (QED) is 0.242. The van der Waals surface area contributed by atoms with Gasteiger partial charge in [0, 0.05) is 6.92 Å². The van der Waals surface area contributed by atoms with Gasteiger partial charge in [-0.3, -0.25) is 4.79 Å². The van der Waals surface area contributed by atoms with Crippen LogP contribution in [0.25, 0.3) is 0 Å². The van der Waals surface area contributed by atoms with Gasteiger partial charge in [0.05, 0.1) is 12.6 Å². The molecule has 11 heteroatoms. The Labute approximate surface area is 124 Å². The van der Waals surface area contributed by atoms with Crippen molar-refractivity contribution in [2.24, 2.45) is 0 Å². The summed E-state index contributed by atoms with van der Waals surface area (Å²) < 4.78 is 4.73. The van der Waals surface area contributed by atoms with E-state index in [2.05, 4.69) is 5.32 Å². The fourth-order valence-corrected chi connectivity index (χ4v) is 2.16. The van der Waals surface area contributed by atoms with E-state index in [0.717, 1.165) is 6.92 Å². The molecule has 7 atom stereocenters. The second-order valence-electron chi connectivity index (χ2n) is 4.99. The molecule has 0 spiro atoms. The van der Waals surface area contributed by atoms with E-state index in [1.807, 2.05) is 0 Å². The minimum atomic E-state index is -3.27. The van der Waals surface area contributed by atoms with Crippen molar-refractivity contribution in [1.82, 2.24) is 5.32 Å². The number of aliphatic carboxylic acids is 1. The van der Waals surface area contributed by atoms with Crippen LogP contribution in [0.5, 0.6) is 0 Å². The van der Waals surface area contributed by atoms with E-state index in [1.165, 1.54) is 0 Å². The Morgan fingerprint density at radius 1 is 1.32 bits per heavy atom. The first-order chi connectivity index (χ1) is 10.1. The van der Waals surface area contributed by atoms with Gasteiger partial charge in [-0.1, -0.05) is 0 Å². The number of nitrogens with one attached hydrogen (secondary N) is 1. The summed E-state index contributed by atoms with van der Waals surface area (Å²) in [4.78, 5) is 22.2. The maximum absolute atomic E-state index is 11.1. The predicted molar refractivity (Wildman–Crippen MR) is 66.2 cm³/mol. The fourth-order valence-electron chi connectivity index (χ4n) is 2.16. The highest BCUT2D eigenvalue weighted by atomic mass is 16.7. The molecule has 0 bridgehead atoms. The highest BCUT2D eigenvalue weighted by Crippen LogP contribution is 2.31. The SMILES string of the molecule is CC(=O)N[C@@H]1C([C@H](O)[C@H](O)CO)O[C@](O)(C(=O)O)[C@H](O)[C@H]1O. The van der Waals surface area contributed by atoms with Gasteiger partial charge in [0.25, 0.3) is 5.79 Å². The number of aliphatic hydroxyl groups is 6. The van der Waals surface area contributed by atoms with Gasteiger partial charge in [0.1, 0.15) is 30.5 Å². The number of hydrogen-bond acceptors (Lipinski definition) is 9. The van der Waals surface area contributed by atoms with Crippen LogP contribution < -0.4 is 5.32 Å². The lowest BCUT2D eigenvalue weighted by Crippen LogP contribution is -2.73. The van der Waals surface area contributed by atoms with E-state index in [0.29, 0.717) is 0 Å². The van der Waals surface area contributed by atoms with Crippen molar-refractivity contribution < 1.29 is 50.1 Å². The minimum Gasteiger partial charge on any atom is -0.477 e. The zero-order chi connectivity index (χ0) is 17.2. The summed E-state index contributed by atoms with van der Waals surface area (Å²) in [7, 11) is 0. The van der Waals surface area contributed by atoms with Crippen molar-refractivity contribution in [2.45, 2.75) is 49.3 Å². The summed E-state index contributed by atoms with van der Waals surface area (Å²) >= 11 is 0. The molecule has 1 heterocycles. The second kappa shape index (κ2) is 6.83. The van der Waals surface area contributed by atoms with E-state index < -0.39 is 60.8 Å². The van der Waals surface area contributed by atoms with Crippen LogP contribution in [-0.4, -0.2) is 96.6 Å². The van der Waals surface area contributed by atoms with Gasteiger partial charge < -0.3 is 45.8 Å². The lowest BCUT2D eigenvalue weighted by molar-refractivity contribution is -0.332. The van der Waals surface area contributed by atoms with Crippen LogP contribution in [-0.2, 0) is 14.3 Å². The number of carbonyl (C=O) groups excluding carboxylic acids is 1. The molecular formula is C11H19NO10. The molecule has 0 aromatic heterocycles. The zero-order valence-electron chi connectivity index (χ0n) is 11.5. The third kappa shape index (κ3) is 3.35. The van der Waals surface area contributed by atoms with Gasteiger partial charge in [-0.25, -0.2) is 4.79 Å². The van der Waals surface area contributed by atoms with E-state index in [4.69, 9.17) is 14.9 Å². The maximum atomic E-state index is 11.1. The summed E-state index contributed by atoms with van der Waals surface area (Å²) in [5, 5.41) is 68.6. The maximum Gasteiger partial charge on any atom is 0.367 e. The molecule has 0 radical (unpaired) electrons. The van der Waals surface area contributed by atoms with Crippen LogP contribution in [0, 0.1) is 0 Å². The second-order valence-corrected chi connectivity index (χ2v) is 4.99.